The number of carbonyl (C=O) groups excluding carboxylic acids is 1. The quantitative estimate of drug-likeness (QED) is 0.850. The van der Waals surface area contributed by atoms with Gasteiger partial charge in [-0.25, -0.2) is 13.2 Å². The predicted octanol–water partition coefficient (Wildman–Crippen LogP) is 1.18. The minimum Gasteiger partial charge on any atom is -0.375 e. The van der Waals surface area contributed by atoms with Crippen molar-refractivity contribution >= 4 is 5.91 Å². The molecule has 0 saturated carbocycles. The third kappa shape index (κ3) is 2.94. The first-order chi connectivity index (χ1) is 9.40. The number of carbonyl (C=O) groups is 1. The number of nitrogens with zero attached hydrogens (tertiary/aromatic N) is 1. The highest BCUT2D eigenvalue weighted by atomic mass is 19.2. The smallest absolute Gasteiger partial charge is 0.237 e. The SMILES string of the molecule is C[C@H]1OCCN(Cc2cc(F)c(F)c(F)c2)[C@@H]1C(N)=O. The highest BCUT2D eigenvalue weighted by Gasteiger charge is 2.33. The Morgan fingerprint density at radius 1 is 1.40 bits per heavy atom. The van der Waals surface area contributed by atoms with Crippen molar-refractivity contribution in [2.75, 3.05) is 13.2 Å². The van der Waals surface area contributed by atoms with E-state index in [0.29, 0.717) is 13.2 Å². The van der Waals surface area contributed by atoms with Gasteiger partial charge in [-0.3, -0.25) is 9.69 Å². The monoisotopic (exact) mass is 288 g/mol. The Bertz CT molecular complexity index is 501. The second kappa shape index (κ2) is 5.80. The Hall–Kier alpha value is -1.60. The van der Waals surface area contributed by atoms with E-state index in [1.54, 1.807) is 11.8 Å². The lowest BCUT2D eigenvalue weighted by Crippen LogP contribution is -2.56. The highest BCUT2D eigenvalue weighted by molar-refractivity contribution is 5.80. The van der Waals surface area contributed by atoms with E-state index in [9.17, 15) is 18.0 Å². The van der Waals surface area contributed by atoms with Gasteiger partial charge in [0, 0.05) is 13.1 Å². The summed E-state index contributed by atoms with van der Waals surface area (Å²) in [5.74, 6) is -4.58. The number of morpholine rings is 1. The molecular formula is C13H15F3N2O2. The molecule has 0 unspecified atom stereocenters. The largest absolute Gasteiger partial charge is 0.375 e. The van der Waals surface area contributed by atoms with Crippen LogP contribution in [0.1, 0.15) is 12.5 Å². The molecule has 0 aromatic heterocycles. The van der Waals surface area contributed by atoms with Crippen LogP contribution in [0.15, 0.2) is 12.1 Å². The molecule has 4 nitrogen and oxygen atoms in total. The molecule has 0 radical (unpaired) electrons. The summed E-state index contributed by atoms with van der Waals surface area (Å²) in [6.45, 7) is 2.58. The van der Waals surface area contributed by atoms with E-state index in [0.717, 1.165) is 12.1 Å². The average molecular weight is 288 g/mol. The molecule has 1 aliphatic rings. The summed E-state index contributed by atoms with van der Waals surface area (Å²) >= 11 is 0. The average Bonchev–Trinajstić information content (AvgIpc) is 2.35. The zero-order valence-electron chi connectivity index (χ0n) is 10.9. The van der Waals surface area contributed by atoms with Gasteiger partial charge in [0.1, 0.15) is 6.04 Å². The third-order valence-electron chi connectivity index (χ3n) is 3.32. The molecule has 1 heterocycles. The lowest BCUT2D eigenvalue weighted by molar-refractivity contribution is -0.136. The topological polar surface area (TPSA) is 55.6 Å². The number of ether oxygens (including phenoxy) is 1. The number of hydrogen-bond donors (Lipinski definition) is 1. The first kappa shape index (κ1) is 14.8. The first-order valence-electron chi connectivity index (χ1n) is 6.18. The van der Waals surface area contributed by atoms with E-state index in [-0.39, 0.29) is 12.1 Å². The first-order valence-corrected chi connectivity index (χ1v) is 6.18. The van der Waals surface area contributed by atoms with E-state index in [1.807, 2.05) is 0 Å². The van der Waals surface area contributed by atoms with E-state index < -0.39 is 35.5 Å². The molecule has 20 heavy (non-hydrogen) atoms. The van der Waals surface area contributed by atoms with Crippen LogP contribution >= 0.6 is 0 Å². The molecule has 2 atom stereocenters. The van der Waals surface area contributed by atoms with Crippen molar-refractivity contribution < 1.29 is 22.7 Å². The predicted molar refractivity (Wildman–Crippen MR) is 65.1 cm³/mol. The van der Waals surface area contributed by atoms with Crippen molar-refractivity contribution in [2.45, 2.75) is 25.6 Å². The fraction of sp³-hybridized carbons (Fsp3) is 0.462. The van der Waals surface area contributed by atoms with Crippen molar-refractivity contribution in [3.8, 4) is 0 Å². The van der Waals surface area contributed by atoms with Gasteiger partial charge in [0.25, 0.3) is 0 Å². The number of amides is 1. The molecule has 2 rings (SSSR count). The Morgan fingerprint density at radius 3 is 2.55 bits per heavy atom. The van der Waals surface area contributed by atoms with Crippen LogP contribution in [0.2, 0.25) is 0 Å². The Labute approximate surface area is 114 Å². The Morgan fingerprint density at radius 2 is 2.00 bits per heavy atom. The van der Waals surface area contributed by atoms with Crippen molar-refractivity contribution in [1.82, 2.24) is 4.90 Å². The maximum Gasteiger partial charge on any atom is 0.237 e. The van der Waals surface area contributed by atoms with Gasteiger partial charge in [0.15, 0.2) is 17.5 Å². The highest BCUT2D eigenvalue weighted by Crippen LogP contribution is 2.20. The van der Waals surface area contributed by atoms with Gasteiger partial charge >= 0.3 is 0 Å². The van der Waals surface area contributed by atoms with Crippen LogP contribution in [0.25, 0.3) is 0 Å². The summed E-state index contributed by atoms with van der Waals surface area (Å²) in [6, 6.07) is 1.15. The molecule has 1 aromatic rings. The van der Waals surface area contributed by atoms with Gasteiger partial charge in [-0.05, 0) is 24.6 Å². The molecule has 0 spiro atoms. The van der Waals surface area contributed by atoms with Crippen molar-refractivity contribution in [2.24, 2.45) is 5.73 Å². The second-order valence-corrected chi connectivity index (χ2v) is 4.77. The van der Waals surface area contributed by atoms with Gasteiger partial charge in [-0.15, -0.1) is 0 Å². The summed E-state index contributed by atoms with van der Waals surface area (Å²) in [5.41, 5.74) is 5.55. The summed E-state index contributed by atoms with van der Waals surface area (Å²) in [6.07, 6.45) is -0.406. The summed E-state index contributed by atoms with van der Waals surface area (Å²) in [4.78, 5) is 13.1. The van der Waals surface area contributed by atoms with Crippen LogP contribution in [-0.2, 0) is 16.1 Å². The number of benzene rings is 1. The molecular weight excluding hydrogens is 273 g/mol. The van der Waals surface area contributed by atoms with Crippen molar-refractivity contribution in [3.63, 3.8) is 0 Å². The summed E-state index contributed by atoms with van der Waals surface area (Å²) < 4.78 is 44.6. The maximum atomic E-state index is 13.2. The van der Waals surface area contributed by atoms with Crippen LogP contribution in [0, 0.1) is 17.5 Å². The van der Waals surface area contributed by atoms with Crippen LogP contribution in [-0.4, -0.2) is 36.1 Å². The van der Waals surface area contributed by atoms with E-state index in [4.69, 9.17) is 10.5 Å². The van der Waals surface area contributed by atoms with Gasteiger partial charge < -0.3 is 10.5 Å². The van der Waals surface area contributed by atoms with E-state index in [1.165, 1.54) is 0 Å². The molecule has 0 aliphatic carbocycles. The molecule has 2 N–H and O–H groups in total. The van der Waals surface area contributed by atoms with Gasteiger partial charge in [0.05, 0.1) is 12.7 Å². The van der Waals surface area contributed by atoms with Crippen LogP contribution in [0.5, 0.6) is 0 Å². The molecule has 1 fully saturated rings. The summed E-state index contributed by atoms with van der Waals surface area (Å²) in [7, 11) is 0. The van der Waals surface area contributed by atoms with Crippen LogP contribution < -0.4 is 5.73 Å². The van der Waals surface area contributed by atoms with Gasteiger partial charge in [-0.1, -0.05) is 0 Å². The van der Waals surface area contributed by atoms with Gasteiger partial charge in [-0.2, -0.15) is 0 Å². The Balaban J connectivity index is 2.21. The minimum atomic E-state index is -1.50. The Kier molecular flexibility index (Phi) is 4.29. The second-order valence-electron chi connectivity index (χ2n) is 4.77. The fourth-order valence-corrected chi connectivity index (χ4v) is 2.41. The normalized spacial score (nSPS) is 23.8. The van der Waals surface area contributed by atoms with Crippen LogP contribution in [0.3, 0.4) is 0 Å². The number of rotatable bonds is 3. The molecule has 1 amide bonds. The standard InChI is InChI=1S/C13H15F3N2O2/c1-7-12(13(17)19)18(2-3-20-7)6-8-4-9(14)11(16)10(15)5-8/h4-5,7,12H,2-3,6H2,1H3,(H2,17,19)/t7-,12+/m1/s1. The fourth-order valence-electron chi connectivity index (χ4n) is 2.41. The lowest BCUT2D eigenvalue weighted by atomic mass is 10.1. The van der Waals surface area contributed by atoms with Crippen molar-refractivity contribution in [1.29, 1.82) is 0 Å². The molecule has 0 bridgehead atoms. The minimum absolute atomic E-state index is 0.0927. The van der Waals surface area contributed by atoms with Crippen molar-refractivity contribution in [3.05, 3.63) is 35.1 Å². The maximum absolute atomic E-state index is 13.2. The van der Waals surface area contributed by atoms with Gasteiger partial charge in [0.2, 0.25) is 5.91 Å². The zero-order chi connectivity index (χ0) is 14.9. The third-order valence-corrected chi connectivity index (χ3v) is 3.32. The van der Waals surface area contributed by atoms with E-state index >= 15 is 0 Å². The molecule has 7 heteroatoms. The summed E-state index contributed by atoms with van der Waals surface area (Å²) in [5, 5.41) is 0. The van der Waals surface area contributed by atoms with E-state index in [2.05, 4.69) is 0 Å². The number of halogens is 3. The zero-order valence-corrected chi connectivity index (χ0v) is 10.9. The number of nitrogens with two attached hydrogens (primary N) is 1. The van der Waals surface area contributed by atoms with Crippen LogP contribution in [0.4, 0.5) is 13.2 Å². The number of hydrogen-bond acceptors (Lipinski definition) is 3. The lowest BCUT2D eigenvalue weighted by Gasteiger charge is -2.37. The molecule has 110 valence electrons. The molecule has 1 aromatic carbocycles. The molecule has 1 saturated heterocycles. The molecule has 1 aliphatic heterocycles. The number of primary amides is 1.